The van der Waals surface area contributed by atoms with Crippen LogP contribution in [0, 0.1) is 12.7 Å². The van der Waals surface area contributed by atoms with Gasteiger partial charge in [-0.2, -0.15) is 13.2 Å². The number of hydrogen-bond acceptors (Lipinski definition) is 3. The Morgan fingerprint density at radius 3 is 2.38 bits per heavy atom. The summed E-state index contributed by atoms with van der Waals surface area (Å²) in [5.41, 5.74) is 2.83. The lowest BCUT2D eigenvalue weighted by Crippen LogP contribution is -2.34. The highest BCUT2D eigenvalue weighted by molar-refractivity contribution is 5.76. The van der Waals surface area contributed by atoms with E-state index in [2.05, 4.69) is 0 Å². The molecule has 3 aromatic rings. The van der Waals surface area contributed by atoms with Crippen LogP contribution in [-0.4, -0.2) is 30.8 Å². The van der Waals surface area contributed by atoms with Gasteiger partial charge in [0.15, 0.2) is 0 Å². The number of carbonyl (C=O) groups excluding carboxylic acids is 1. The molecule has 0 radical (unpaired) electrons. The standard InChI is InChI=1S/C29H29F4NO3/c1-17(2)24-13-25(27(36-4)14-26(24)30)23-10-9-21(29(31,32)33)12-20(23)15-34-22(16-37-28(34)35)11-19-7-5-18(3)6-8-19/h5-10,12-14,17,22H,11,15-16H2,1-4H3. The molecule has 1 fully saturated rings. The van der Waals surface area contributed by atoms with E-state index in [9.17, 15) is 22.4 Å². The number of methoxy groups -OCH3 is 1. The number of halogens is 4. The molecule has 196 valence electrons. The Morgan fingerprint density at radius 1 is 1.05 bits per heavy atom. The van der Waals surface area contributed by atoms with E-state index < -0.39 is 23.7 Å². The number of rotatable bonds is 7. The molecule has 37 heavy (non-hydrogen) atoms. The highest BCUT2D eigenvalue weighted by Gasteiger charge is 2.36. The number of alkyl halides is 3. The van der Waals surface area contributed by atoms with E-state index in [1.807, 2.05) is 45.0 Å². The second-order valence-corrected chi connectivity index (χ2v) is 9.65. The molecular weight excluding hydrogens is 486 g/mol. The fraction of sp³-hybridized carbons (Fsp3) is 0.345. The fourth-order valence-corrected chi connectivity index (χ4v) is 4.59. The van der Waals surface area contributed by atoms with Gasteiger partial charge in [0.25, 0.3) is 0 Å². The first kappa shape index (κ1) is 26.5. The molecule has 1 amide bonds. The van der Waals surface area contributed by atoms with E-state index in [1.165, 1.54) is 24.1 Å². The molecule has 1 heterocycles. The van der Waals surface area contributed by atoms with Crippen LogP contribution < -0.4 is 4.74 Å². The maximum absolute atomic E-state index is 14.7. The predicted molar refractivity (Wildman–Crippen MR) is 133 cm³/mol. The number of benzene rings is 3. The van der Waals surface area contributed by atoms with Crippen molar-refractivity contribution in [3.8, 4) is 16.9 Å². The third kappa shape index (κ3) is 5.73. The van der Waals surface area contributed by atoms with Crippen LogP contribution in [0.2, 0.25) is 0 Å². The Kier molecular flexibility index (Phi) is 7.48. The molecule has 1 unspecified atom stereocenters. The zero-order valence-corrected chi connectivity index (χ0v) is 21.2. The first-order chi connectivity index (χ1) is 17.5. The van der Waals surface area contributed by atoms with E-state index >= 15 is 0 Å². The Labute approximate surface area is 213 Å². The van der Waals surface area contributed by atoms with Gasteiger partial charge in [0.05, 0.1) is 25.3 Å². The third-order valence-electron chi connectivity index (χ3n) is 6.67. The molecule has 0 saturated carbocycles. The summed E-state index contributed by atoms with van der Waals surface area (Å²) in [7, 11) is 1.38. The van der Waals surface area contributed by atoms with Crippen molar-refractivity contribution in [2.45, 2.75) is 51.9 Å². The van der Waals surface area contributed by atoms with E-state index in [1.54, 1.807) is 6.07 Å². The van der Waals surface area contributed by atoms with E-state index in [-0.39, 0.29) is 36.4 Å². The molecule has 3 aromatic carbocycles. The summed E-state index contributed by atoms with van der Waals surface area (Å²) in [5, 5.41) is 0. The van der Waals surface area contributed by atoms with Gasteiger partial charge in [0, 0.05) is 11.6 Å². The first-order valence-electron chi connectivity index (χ1n) is 12.0. The average molecular weight is 516 g/mol. The molecule has 0 N–H and O–H groups in total. The second-order valence-electron chi connectivity index (χ2n) is 9.65. The van der Waals surface area contributed by atoms with E-state index in [4.69, 9.17) is 9.47 Å². The number of hydrogen-bond donors (Lipinski definition) is 0. The lowest BCUT2D eigenvalue weighted by atomic mass is 9.92. The summed E-state index contributed by atoms with van der Waals surface area (Å²) in [6.07, 6.45) is -4.66. The lowest BCUT2D eigenvalue weighted by molar-refractivity contribution is -0.137. The molecule has 4 nitrogen and oxygen atoms in total. The zero-order chi connectivity index (χ0) is 26.9. The maximum atomic E-state index is 14.7. The van der Waals surface area contributed by atoms with Crippen molar-refractivity contribution in [2.75, 3.05) is 13.7 Å². The molecule has 4 rings (SSSR count). The number of aryl methyl sites for hydroxylation is 1. The molecule has 0 bridgehead atoms. The number of ether oxygens (including phenoxy) is 2. The van der Waals surface area contributed by atoms with Crippen LogP contribution in [0.5, 0.6) is 5.75 Å². The normalized spacial score (nSPS) is 15.9. The number of carbonyl (C=O) groups is 1. The summed E-state index contributed by atoms with van der Waals surface area (Å²) in [5.74, 6) is -0.413. The Bertz CT molecular complexity index is 1290. The topological polar surface area (TPSA) is 38.8 Å². The molecule has 1 saturated heterocycles. The second kappa shape index (κ2) is 10.4. The van der Waals surface area contributed by atoms with Gasteiger partial charge < -0.3 is 9.47 Å². The van der Waals surface area contributed by atoms with Gasteiger partial charge in [-0.1, -0.05) is 49.7 Å². The minimum absolute atomic E-state index is 0.105. The van der Waals surface area contributed by atoms with Gasteiger partial charge in [-0.25, -0.2) is 9.18 Å². The number of cyclic esters (lactones) is 1. The molecule has 8 heteroatoms. The quantitative estimate of drug-likeness (QED) is 0.306. The van der Waals surface area contributed by atoms with E-state index in [0.717, 1.165) is 23.3 Å². The van der Waals surface area contributed by atoms with Gasteiger partial charge in [-0.15, -0.1) is 0 Å². The van der Waals surface area contributed by atoms with Gasteiger partial charge in [-0.05, 0) is 59.7 Å². The SMILES string of the molecule is COc1cc(F)c(C(C)C)cc1-c1ccc(C(F)(F)F)cc1CN1C(=O)OCC1Cc1ccc(C)cc1. The van der Waals surface area contributed by atoms with Crippen LogP contribution in [0.15, 0.2) is 54.6 Å². The van der Waals surface area contributed by atoms with Crippen molar-refractivity contribution in [2.24, 2.45) is 0 Å². The van der Waals surface area contributed by atoms with Gasteiger partial charge in [0.2, 0.25) is 0 Å². The highest BCUT2D eigenvalue weighted by Crippen LogP contribution is 2.40. The largest absolute Gasteiger partial charge is 0.496 e. The third-order valence-corrected chi connectivity index (χ3v) is 6.67. The van der Waals surface area contributed by atoms with Crippen molar-refractivity contribution < 1.29 is 31.8 Å². The monoisotopic (exact) mass is 515 g/mol. The van der Waals surface area contributed by atoms with Crippen LogP contribution in [0.4, 0.5) is 22.4 Å². The van der Waals surface area contributed by atoms with Crippen LogP contribution in [0.1, 0.15) is 47.6 Å². The Morgan fingerprint density at radius 2 is 1.76 bits per heavy atom. The molecule has 1 atom stereocenters. The summed E-state index contributed by atoms with van der Waals surface area (Å²) in [6, 6.07) is 13.8. The fourth-order valence-electron chi connectivity index (χ4n) is 4.59. The summed E-state index contributed by atoms with van der Waals surface area (Å²) in [4.78, 5) is 14.1. The van der Waals surface area contributed by atoms with Crippen molar-refractivity contribution in [1.29, 1.82) is 0 Å². The van der Waals surface area contributed by atoms with Crippen molar-refractivity contribution in [3.05, 3.63) is 88.2 Å². The minimum Gasteiger partial charge on any atom is -0.496 e. The average Bonchev–Trinajstić information content (AvgIpc) is 3.18. The van der Waals surface area contributed by atoms with Gasteiger partial charge >= 0.3 is 12.3 Å². The summed E-state index contributed by atoms with van der Waals surface area (Å²) < 4.78 is 66.4. The van der Waals surface area contributed by atoms with Crippen molar-refractivity contribution in [1.82, 2.24) is 4.90 Å². The molecule has 0 aromatic heterocycles. The maximum Gasteiger partial charge on any atom is 0.416 e. The van der Waals surface area contributed by atoms with Crippen LogP contribution >= 0.6 is 0 Å². The first-order valence-corrected chi connectivity index (χ1v) is 12.0. The molecule has 1 aliphatic heterocycles. The van der Waals surface area contributed by atoms with E-state index in [0.29, 0.717) is 23.1 Å². The zero-order valence-electron chi connectivity index (χ0n) is 21.2. The Hall–Kier alpha value is -3.55. The molecule has 0 spiro atoms. The smallest absolute Gasteiger partial charge is 0.416 e. The summed E-state index contributed by atoms with van der Waals surface area (Å²) >= 11 is 0. The molecular formula is C29H29F4NO3. The highest BCUT2D eigenvalue weighted by atomic mass is 19.4. The van der Waals surface area contributed by atoms with Crippen molar-refractivity contribution >= 4 is 6.09 Å². The molecule has 1 aliphatic rings. The lowest BCUT2D eigenvalue weighted by Gasteiger charge is -2.24. The summed E-state index contributed by atoms with van der Waals surface area (Å²) in [6.45, 7) is 5.67. The Balaban J connectivity index is 1.78. The van der Waals surface area contributed by atoms with Gasteiger partial charge in [0.1, 0.15) is 18.2 Å². The predicted octanol–water partition coefficient (Wildman–Crippen LogP) is 7.52. The van der Waals surface area contributed by atoms with Crippen LogP contribution in [0.25, 0.3) is 11.1 Å². The minimum atomic E-state index is -4.57. The number of nitrogens with zero attached hydrogens (tertiary/aromatic N) is 1. The van der Waals surface area contributed by atoms with Crippen LogP contribution in [0.3, 0.4) is 0 Å². The van der Waals surface area contributed by atoms with Crippen molar-refractivity contribution in [3.63, 3.8) is 0 Å². The van der Waals surface area contributed by atoms with Gasteiger partial charge in [-0.3, -0.25) is 4.90 Å². The molecule has 0 aliphatic carbocycles. The van der Waals surface area contributed by atoms with Crippen LogP contribution in [-0.2, 0) is 23.9 Å². The number of amides is 1.